The Kier molecular flexibility index (Phi) is 4.87. The number of aryl methyl sites for hydroxylation is 1. The quantitative estimate of drug-likeness (QED) is 0.820. The van der Waals surface area contributed by atoms with Gasteiger partial charge in [0.05, 0.1) is 18.3 Å². The SMILES string of the molecule is CSCCC(=O)N[C@H](c1cnn(C)c1)C1CC(O)C1. The van der Waals surface area contributed by atoms with Gasteiger partial charge in [0, 0.05) is 31.0 Å². The molecular weight excluding hydrogens is 262 g/mol. The first-order valence-electron chi connectivity index (χ1n) is 6.55. The zero-order valence-corrected chi connectivity index (χ0v) is 12.2. The van der Waals surface area contributed by atoms with E-state index in [1.54, 1.807) is 22.6 Å². The Balaban J connectivity index is 2.00. The Hall–Kier alpha value is -1.01. The van der Waals surface area contributed by atoms with E-state index in [2.05, 4.69) is 10.4 Å². The molecule has 1 aromatic rings. The van der Waals surface area contributed by atoms with Gasteiger partial charge in [-0.25, -0.2) is 0 Å². The van der Waals surface area contributed by atoms with E-state index in [0.717, 1.165) is 24.2 Å². The number of carbonyl (C=O) groups is 1. The normalized spacial score (nSPS) is 23.7. The van der Waals surface area contributed by atoms with Crippen LogP contribution in [0, 0.1) is 5.92 Å². The Morgan fingerprint density at radius 3 is 2.95 bits per heavy atom. The van der Waals surface area contributed by atoms with Crippen molar-refractivity contribution in [3.63, 3.8) is 0 Å². The van der Waals surface area contributed by atoms with Crippen LogP contribution in [0.5, 0.6) is 0 Å². The van der Waals surface area contributed by atoms with Crippen LogP contribution < -0.4 is 5.32 Å². The van der Waals surface area contributed by atoms with Crippen molar-refractivity contribution in [3.05, 3.63) is 18.0 Å². The van der Waals surface area contributed by atoms with Gasteiger partial charge in [-0.05, 0) is 25.0 Å². The number of aromatic nitrogens is 2. The number of carbonyl (C=O) groups excluding carboxylic acids is 1. The first-order valence-corrected chi connectivity index (χ1v) is 7.94. The van der Waals surface area contributed by atoms with Crippen molar-refractivity contribution in [3.8, 4) is 0 Å². The van der Waals surface area contributed by atoms with Crippen molar-refractivity contribution in [2.75, 3.05) is 12.0 Å². The second kappa shape index (κ2) is 6.43. The molecule has 1 amide bonds. The summed E-state index contributed by atoms with van der Waals surface area (Å²) >= 11 is 1.67. The van der Waals surface area contributed by atoms with Crippen LogP contribution in [0.25, 0.3) is 0 Å². The molecule has 0 saturated heterocycles. The van der Waals surface area contributed by atoms with Crippen molar-refractivity contribution in [1.29, 1.82) is 0 Å². The smallest absolute Gasteiger partial charge is 0.221 e. The predicted octanol–water partition coefficient (Wildman–Crippen LogP) is 1.10. The van der Waals surface area contributed by atoms with Gasteiger partial charge in [0.25, 0.3) is 0 Å². The van der Waals surface area contributed by atoms with Crippen LogP contribution in [0.1, 0.15) is 30.9 Å². The van der Waals surface area contributed by atoms with E-state index < -0.39 is 0 Å². The fraction of sp³-hybridized carbons (Fsp3) is 0.692. The molecule has 1 heterocycles. The minimum Gasteiger partial charge on any atom is -0.393 e. The van der Waals surface area contributed by atoms with Gasteiger partial charge < -0.3 is 10.4 Å². The zero-order valence-electron chi connectivity index (χ0n) is 11.4. The molecule has 0 aliphatic heterocycles. The number of hydrogen-bond donors (Lipinski definition) is 2. The van der Waals surface area contributed by atoms with Gasteiger partial charge in [0.2, 0.25) is 5.91 Å². The van der Waals surface area contributed by atoms with Crippen molar-refractivity contribution >= 4 is 17.7 Å². The molecule has 2 N–H and O–H groups in total. The third kappa shape index (κ3) is 3.73. The topological polar surface area (TPSA) is 67.2 Å². The van der Waals surface area contributed by atoms with E-state index in [1.165, 1.54) is 0 Å². The van der Waals surface area contributed by atoms with Gasteiger partial charge in [-0.3, -0.25) is 9.48 Å². The van der Waals surface area contributed by atoms with E-state index >= 15 is 0 Å². The molecule has 1 atom stereocenters. The molecule has 0 unspecified atom stereocenters. The largest absolute Gasteiger partial charge is 0.393 e. The summed E-state index contributed by atoms with van der Waals surface area (Å²) < 4.78 is 1.74. The van der Waals surface area contributed by atoms with E-state index in [-0.39, 0.29) is 18.1 Å². The van der Waals surface area contributed by atoms with Gasteiger partial charge >= 0.3 is 0 Å². The Morgan fingerprint density at radius 2 is 2.42 bits per heavy atom. The average molecular weight is 283 g/mol. The van der Waals surface area contributed by atoms with E-state index in [1.807, 2.05) is 19.5 Å². The highest BCUT2D eigenvalue weighted by atomic mass is 32.2. The molecule has 0 spiro atoms. The molecular formula is C13H21N3O2S. The monoisotopic (exact) mass is 283 g/mol. The Morgan fingerprint density at radius 1 is 1.68 bits per heavy atom. The third-order valence-corrected chi connectivity index (χ3v) is 4.17. The molecule has 0 radical (unpaired) electrons. The molecule has 1 aliphatic carbocycles. The zero-order chi connectivity index (χ0) is 13.8. The number of aliphatic hydroxyl groups excluding tert-OH is 1. The molecule has 1 aliphatic rings. The van der Waals surface area contributed by atoms with Crippen molar-refractivity contribution in [2.45, 2.75) is 31.4 Å². The molecule has 106 valence electrons. The minimum atomic E-state index is -0.215. The molecule has 2 rings (SSSR count). The first kappa shape index (κ1) is 14.4. The maximum absolute atomic E-state index is 11.9. The van der Waals surface area contributed by atoms with Gasteiger partial charge in [0.15, 0.2) is 0 Å². The molecule has 0 aromatic carbocycles. The van der Waals surface area contributed by atoms with E-state index in [9.17, 15) is 9.90 Å². The van der Waals surface area contributed by atoms with Crippen LogP contribution in [0.4, 0.5) is 0 Å². The van der Waals surface area contributed by atoms with Gasteiger partial charge in [0.1, 0.15) is 0 Å². The maximum atomic E-state index is 11.9. The number of aliphatic hydroxyl groups is 1. The number of thioether (sulfide) groups is 1. The predicted molar refractivity (Wildman–Crippen MR) is 75.8 cm³/mol. The van der Waals surface area contributed by atoms with E-state index in [4.69, 9.17) is 0 Å². The summed E-state index contributed by atoms with van der Waals surface area (Å²) in [6, 6.07) is -0.0218. The molecule has 0 bridgehead atoms. The van der Waals surface area contributed by atoms with Crippen molar-refractivity contribution in [2.24, 2.45) is 13.0 Å². The number of rotatable bonds is 6. The summed E-state index contributed by atoms with van der Waals surface area (Å²) in [7, 11) is 1.87. The van der Waals surface area contributed by atoms with Gasteiger partial charge in [-0.15, -0.1) is 0 Å². The average Bonchev–Trinajstić information content (AvgIpc) is 2.76. The highest BCUT2D eigenvalue weighted by Crippen LogP contribution is 2.37. The molecule has 19 heavy (non-hydrogen) atoms. The van der Waals surface area contributed by atoms with Crippen LogP contribution in [0.3, 0.4) is 0 Å². The Labute approximate surface area is 117 Å². The summed E-state index contributed by atoms with van der Waals surface area (Å²) in [6.45, 7) is 0. The molecule has 5 nitrogen and oxygen atoms in total. The summed E-state index contributed by atoms with van der Waals surface area (Å²) in [6.07, 6.45) is 7.55. The summed E-state index contributed by atoms with van der Waals surface area (Å²) in [5.74, 6) is 1.22. The van der Waals surface area contributed by atoms with Crippen molar-refractivity contribution < 1.29 is 9.90 Å². The summed E-state index contributed by atoms with van der Waals surface area (Å²) in [4.78, 5) is 11.9. The first-order chi connectivity index (χ1) is 9.10. The minimum absolute atomic E-state index is 0.0218. The van der Waals surface area contributed by atoms with Crippen LogP contribution >= 0.6 is 11.8 Å². The van der Waals surface area contributed by atoms with Gasteiger partial charge in [-0.2, -0.15) is 16.9 Å². The van der Waals surface area contributed by atoms with Crippen LogP contribution in [0.2, 0.25) is 0 Å². The van der Waals surface area contributed by atoms with Crippen LogP contribution in [-0.2, 0) is 11.8 Å². The van der Waals surface area contributed by atoms with Crippen LogP contribution in [-0.4, -0.2) is 38.9 Å². The number of nitrogens with one attached hydrogen (secondary N) is 1. The summed E-state index contributed by atoms with van der Waals surface area (Å²) in [5.41, 5.74) is 1.02. The number of amides is 1. The second-order valence-electron chi connectivity index (χ2n) is 5.12. The molecule has 6 heteroatoms. The molecule has 1 saturated carbocycles. The second-order valence-corrected chi connectivity index (χ2v) is 6.11. The standard InChI is InChI=1S/C13H21N3O2S/c1-16-8-10(7-14-16)13(9-5-11(17)6-9)15-12(18)3-4-19-2/h7-9,11,13,17H,3-6H2,1-2H3,(H,15,18)/t9?,11?,13-/m0/s1. The van der Waals surface area contributed by atoms with Crippen molar-refractivity contribution in [1.82, 2.24) is 15.1 Å². The lowest BCUT2D eigenvalue weighted by Crippen LogP contribution is -2.41. The lowest BCUT2D eigenvalue weighted by molar-refractivity contribution is -0.122. The molecule has 1 fully saturated rings. The third-order valence-electron chi connectivity index (χ3n) is 3.55. The lowest BCUT2D eigenvalue weighted by atomic mass is 9.75. The van der Waals surface area contributed by atoms with Crippen LogP contribution in [0.15, 0.2) is 12.4 Å². The fourth-order valence-corrected chi connectivity index (χ4v) is 2.81. The van der Waals surface area contributed by atoms with Gasteiger partial charge in [-0.1, -0.05) is 0 Å². The molecule has 1 aromatic heterocycles. The highest BCUT2D eigenvalue weighted by molar-refractivity contribution is 7.98. The number of nitrogens with zero attached hydrogens (tertiary/aromatic N) is 2. The van der Waals surface area contributed by atoms with E-state index in [0.29, 0.717) is 12.3 Å². The number of hydrogen-bond acceptors (Lipinski definition) is 4. The maximum Gasteiger partial charge on any atom is 0.221 e. The highest BCUT2D eigenvalue weighted by Gasteiger charge is 2.36. The lowest BCUT2D eigenvalue weighted by Gasteiger charge is -2.37. The fourth-order valence-electron chi connectivity index (χ4n) is 2.42. The Bertz CT molecular complexity index is 429. The summed E-state index contributed by atoms with van der Waals surface area (Å²) in [5, 5.41) is 16.7.